The molecule has 0 amide bonds. The van der Waals surface area contributed by atoms with E-state index < -0.39 is 17.7 Å². The maximum Gasteiger partial charge on any atom is 0.187 e. The third-order valence-corrected chi connectivity index (χ3v) is 6.67. The van der Waals surface area contributed by atoms with Crippen molar-refractivity contribution >= 4 is 6.29 Å². The van der Waals surface area contributed by atoms with Gasteiger partial charge >= 0.3 is 0 Å². The topological polar surface area (TPSA) is 54.0 Å². The Hall–Kier alpha value is -2.83. The highest BCUT2D eigenvalue weighted by Crippen LogP contribution is 2.45. The van der Waals surface area contributed by atoms with Crippen LogP contribution in [0.4, 0.5) is 0 Å². The predicted octanol–water partition coefficient (Wildman–Crippen LogP) is 5.08. The van der Waals surface area contributed by atoms with Gasteiger partial charge in [-0.15, -0.1) is 0 Å². The molecule has 0 saturated carbocycles. The van der Waals surface area contributed by atoms with E-state index in [4.69, 9.17) is 18.9 Å². The van der Waals surface area contributed by atoms with Crippen molar-refractivity contribution in [2.24, 2.45) is 5.92 Å². The first-order valence-corrected chi connectivity index (χ1v) is 11.8. The number of fused-ring (bicyclic) bond motifs is 1. The fraction of sp³-hybridized carbons (Fsp3) is 0.345. The Labute approximate surface area is 200 Å². The van der Waals surface area contributed by atoms with Crippen LogP contribution in [0.25, 0.3) is 0 Å². The second-order valence-electron chi connectivity index (χ2n) is 9.30. The predicted molar refractivity (Wildman–Crippen MR) is 128 cm³/mol. The molecule has 5 nitrogen and oxygen atoms in total. The molecule has 2 heterocycles. The second kappa shape index (κ2) is 9.43. The Balaban J connectivity index is 1.53. The smallest absolute Gasteiger partial charge is 0.187 e. The minimum absolute atomic E-state index is 0.149. The first-order chi connectivity index (χ1) is 16.5. The highest BCUT2D eigenvalue weighted by Gasteiger charge is 2.55. The number of carbonyl (C=O) groups is 1. The van der Waals surface area contributed by atoms with E-state index in [0.717, 1.165) is 23.0 Å². The molecule has 0 aromatic heterocycles. The van der Waals surface area contributed by atoms with Gasteiger partial charge in [0, 0.05) is 12.3 Å². The van der Waals surface area contributed by atoms with Gasteiger partial charge in [-0.25, -0.2) is 0 Å². The van der Waals surface area contributed by atoms with Crippen LogP contribution >= 0.6 is 0 Å². The summed E-state index contributed by atoms with van der Waals surface area (Å²) >= 11 is 0. The fourth-order valence-corrected chi connectivity index (χ4v) is 5.17. The molecule has 4 atom stereocenters. The molecule has 5 heteroatoms. The van der Waals surface area contributed by atoms with Crippen LogP contribution in [0.5, 0.6) is 0 Å². The summed E-state index contributed by atoms with van der Waals surface area (Å²) in [7, 11) is 0. The molecule has 2 fully saturated rings. The molecule has 3 aromatic carbocycles. The highest BCUT2D eigenvalue weighted by atomic mass is 16.8. The SMILES string of the molecule is CC1(C)O[C@H]2O[C@H](COC(c3ccccc3)(c3ccccc3)c3ccccc3)[C@@H](CC=O)[C@H]2O1. The van der Waals surface area contributed by atoms with Crippen molar-refractivity contribution in [1.82, 2.24) is 0 Å². The summed E-state index contributed by atoms with van der Waals surface area (Å²) in [6.07, 6.45) is 0.105. The van der Waals surface area contributed by atoms with Crippen LogP contribution in [0.3, 0.4) is 0 Å². The molecule has 2 saturated heterocycles. The number of hydrogen-bond donors (Lipinski definition) is 0. The molecule has 0 aliphatic carbocycles. The van der Waals surface area contributed by atoms with Crippen LogP contribution in [0.2, 0.25) is 0 Å². The molecule has 0 bridgehead atoms. The van der Waals surface area contributed by atoms with Gasteiger partial charge in [-0.1, -0.05) is 91.0 Å². The Morgan fingerprint density at radius 2 is 1.32 bits per heavy atom. The number of rotatable bonds is 8. The standard InChI is InChI=1S/C29H30O5/c1-28(2)33-26-24(18-19-30)25(32-27(26)34-28)20-31-29(21-12-6-3-7-13-21,22-14-8-4-9-15-22)23-16-10-5-11-17-23/h3-17,19,24-27H,18,20H2,1-2H3/t24-,25-,26-,27-/m1/s1. The van der Waals surface area contributed by atoms with Crippen molar-refractivity contribution in [3.05, 3.63) is 108 Å². The zero-order valence-corrected chi connectivity index (χ0v) is 19.5. The van der Waals surface area contributed by atoms with Crippen LogP contribution < -0.4 is 0 Å². The zero-order valence-electron chi connectivity index (χ0n) is 19.5. The molecule has 0 radical (unpaired) electrons. The molecule has 3 aromatic rings. The van der Waals surface area contributed by atoms with E-state index in [1.807, 2.05) is 68.4 Å². The van der Waals surface area contributed by atoms with Gasteiger partial charge in [0.05, 0.1) is 12.7 Å². The third-order valence-electron chi connectivity index (χ3n) is 6.67. The van der Waals surface area contributed by atoms with E-state index in [9.17, 15) is 4.79 Å². The number of benzene rings is 3. The van der Waals surface area contributed by atoms with Crippen LogP contribution in [0.15, 0.2) is 91.0 Å². The van der Waals surface area contributed by atoms with E-state index in [0.29, 0.717) is 6.42 Å². The molecule has 0 unspecified atom stereocenters. The number of carbonyl (C=O) groups excluding carboxylic acids is 1. The quantitative estimate of drug-likeness (QED) is 0.348. The molecule has 2 aliphatic heterocycles. The summed E-state index contributed by atoms with van der Waals surface area (Å²) in [5.74, 6) is -0.881. The average Bonchev–Trinajstić information content (AvgIpc) is 3.33. The molecule has 5 rings (SSSR count). The number of aldehydes is 1. The lowest BCUT2D eigenvalue weighted by molar-refractivity contribution is -0.218. The highest BCUT2D eigenvalue weighted by molar-refractivity contribution is 5.50. The maximum absolute atomic E-state index is 11.5. The Morgan fingerprint density at radius 3 is 1.79 bits per heavy atom. The summed E-state index contributed by atoms with van der Waals surface area (Å²) in [6.45, 7) is 4.00. The zero-order chi connectivity index (χ0) is 23.6. The van der Waals surface area contributed by atoms with Gasteiger partial charge in [0.15, 0.2) is 12.1 Å². The summed E-state index contributed by atoms with van der Waals surface area (Å²) in [5, 5.41) is 0. The Kier molecular flexibility index (Phi) is 6.36. The first-order valence-electron chi connectivity index (χ1n) is 11.8. The van der Waals surface area contributed by atoms with Crippen LogP contribution in [0, 0.1) is 5.92 Å². The minimum atomic E-state index is -0.850. The number of hydrogen-bond acceptors (Lipinski definition) is 5. The van der Waals surface area contributed by atoms with Crippen molar-refractivity contribution in [3.63, 3.8) is 0 Å². The van der Waals surface area contributed by atoms with E-state index >= 15 is 0 Å². The monoisotopic (exact) mass is 458 g/mol. The van der Waals surface area contributed by atoms with E-state index in [1.54, 1.807) is 0 Å². The van der Waals surface area contributed by atoms with Gasteiger partial charge in [0.1, 0.15) is 18.0 Å². The normalized spacial score (nSPS) is 25.7. The summed E-state index contributed by atoms with van der Waals surface area (Å²) < 4.78 is 25.2. The lowest BCUT2D eigenvalue weighted by Gasteiger charge is -2.37. The molecule has 176 valence electrons. The van der Waals surface area contributed by atoms with Crippen molar-refractivity contribution in [1.29, 1.82) is 0 Å². The molecular weight excluding hydrogens is 428 g/mol. The van der Waals surface area contributed by atoms with Gasteiger partial charge < -0.3 is 23.7 Å². The fourth-order valence-electron chi connectivity index (χ4n) is 5.17. The van der Waals surface area contributed by atoms with Crippen molar-refractivity contribution in [3.8, 4) is 0 Å². The maximum atomic E-state index is 11.5. The third kappa shape index (κ3) is 4.21. The van der Waals surface area contributed by atoms with Gasteiger partial charge in [-0.3, -0.25) is 0 Å². The molecule has 34 heavy (non-hydrogen) atoms. The van der Waals surface area contributed by atoms with Crippen LogP contribution in [0.1, 0.15) is 37.0 Å². The molecular formula is C29H30O5. The molecule has 2 aliphatic rings. The summed E-state index contributed by atoms with van der Waals surface area (Å²) in [6, 6.07) is 30.7. The first kappa shape index (κ1) is 22.9. The summed E-state index contributed by atoms with van der Waals surface area (Å²) in [5.41, 5.74) is 2.21. The van der Waals surface area contributed by atoms with Crippen molar-refractivity contribution in [2.75, 3.05) is 6.61 Å². The largest absolute Gasteiger partial charge is 0.358 e. The van der Waals surface area contributed by atoms with E-state index in [-0.39, 0.29) is 24.7 Å². The Morgan fingerprint density at radius 1 is 0.824 bits per heavy atom. The number of ether oxygens (including phenoxy) is 4. The van der Waals surface area contributed by atoms with E-state index in [2.05, 4.69) is 36.4 Å². The van der Waals surface area contributed by atoms with Gasteiger partial charge in [0.2, 0.25) is 0 Å². The van der Waals surface area contributed by atoms with Crippen LogP contribution in [-0.2, 0) is 29.3 Å². The van der Waals surface area contributed by atoms with E-state index in [1.165, 1.54) is 0 Å². The average molecular weight is 459 g/mol. The lowest BCUT2D eigenvalue weighted by atomic mass is 9.80. The minimum Gasteiger partial charge on any atom is -0.358 e. The van der Waals surface area contributed by atoms with Crippen molar-refractivity contribution < 1.29 is 23.7 Å². The van der Waals surface area contributed by atoms with Gasteiger partial charge in [-0.05, 0) is 30.5 Å². The molecule has 0 spiro atoms. The second-order valence-corrected chi connectivity index (χ2v) is 9.30. The van der Waals surface area contributed by atoms with Gasteiger partial charge in [0.25, 0.3) is 0 Å². The van der Waals surface area contributed by atoms with Crippen LogP contribution in [-0.4, -0.2) is 37.2 Å². The van der Waals surface area contributed by atoms with Gasteiger partial charge in [-0.2, -0.15) is 0 Å². The lowest BCUT2D eigenvalue weighted by Crippen LogP contribution is -2.38. The Bertz CT molecular complexity index is 987. The molecule has 0 N–H and O–H groups in total. The summed E-state index contributed by atoms with van der Waals surface area (Å²) in [4.78, 5) is 11.5. The van der Waals surface area contributed by atoms with Crippen molar-refractivity contribution in [2.45, 2.75) is 50.2 Å².